The third-order valence-corrected chi connectivity index (χ3v) is 4.42. The predicted molar refractivity (Wildman–Crippen MR) is 102 cm³/mol. The fraction of sp³-hybridized carbons (Fsp3) is 0.421. The van der Waals surface area contributed by atoms with Crippen molar-refractivity contribution in [1.82, 2.24) is 30.1 Å². The molecule has 0 aliphatic carbocycles. The number of aryl methyl sites for hydroxylation is 3. The maximum absolute atomic E-state index is 12.4. The molecule has 0 bridgehead atoms. The monoisotopic (exact) mass is 368 g/mol. The van der Waals surface area contributed by atoms with E-state index in [4.69, 9.17) is 0 Å². The van der Waals surface area contributed by atoms with Crippen LogP contribution >= 0.6 is 0 Å². The van der Waals surface area contributed by atoms with Crippen LogP contribution in [0.5, 0.6) is 0 Å². The third kappa shape index (κ3) is 4.58. The second kappa shape index (κ2) is 8.11. The lowest BCUT2D eigenvalue weighted by atomic mass is 10.2. The Morgan fingerprint density at radius 2 is 2.00 bits per heavy atom. The summed E-state index contributed by atoms with van der Waals surface area (Å²) in [5.74, 6) is 0.132. The van der Waals surface area contributed by atoms with E-state index in [1.165, 1.54) is 4.68 Å². The average Bonchev–Trinajstić information content (AvgIpc) is 2.96. The van der Waals surface area contributed by atoms with Gasteiger partial charge in [-0.2, -0.15) is 5.10 Å². The summed E-state index contributed by atoms with van der Waals surface area (Å²) >= 11 is 0. The molecule has 3 rings (SSSR count). The molecule has 0 fully saturated rings. The van der Waals surface area contributed by atoms with E-state index >= 15 is 0 Å². The third-order valence-electron chi connectivity index (χ3n) is 4.42. The highest BCUT2D eigenvalue weighted by molar-refractivity contribution is 5.77. The van der Waals surface area contributed by atoms with Gasteiger partial charge in [0.15, 0.2) is 0 Å². The maximum atomic E-state index is 12.4. The molecule has 2 heterocycles. The summed E-state index contributed by atoms with van der Waals surface area (Å²) < 4.78 is 3.19. The molecule has 8 heteroatoms. The van der Waals surface area contributed by atoms with Gasteiger partial charge in [0.1, 0.15) is 5.52 Å². The van der Waals surface area contributed by atoms with Gasteiger partial charge < -0.3 is 5.32 Å². The van der Waals surface area contributed by atoms with Crippen molar-refractivity contribution in [3.8, 4) is 0 Å². The highest BCUT2D eigenvalue weighted by Gasteiger charge is 2.11. The molecule has 2 aromatic heterocycles. The molecule has 0 aliphatic rings. The van der Waals surface area contributed by atoms with Crippen molar-refractivity contribution in [3.05, 3.63) is 52.1 Å². The molecule has 142 valence electrons. The molecule has 8 nitrogen and oxygen atoms in total. The summed E-state index contributed by atoms with van der Waals surface area (Å²) in [4.78, 5) is 24.5. The number of benzene rings is 1. The van der Waals surface area contributed by atoms with Gasteiger partial charge in [0.2, 0.25) is 5.91 Å². The molecule has 3 aromatic rings. The van der Waals surface area contributed by atoms with E-state index in [0.717, 1.165) is 17.9 Å². The van der Waals surface area contributed by atoms with Crippen LogP contribution in [0.1, 0.15) is 24.7 Å². The Kier molecular flexibility index (Phi) is 5.63. The van der Waals surface area contributed by atoms with Crippen LogP contribution in [0.15, 0.2) is 35.1 Å². The molecule has 0 aliphatic heterocycles. The summed E-state index contributed by atoms with van der Waals surface area (Å²) in [6.07, 6.45) is 0.180. The number of carbonyl (C=O) groups is 1. The minimum absolute atomic E-state index is 0.114. The zero-order chi connectivity index (χ0) is 19.4. The van der Waals surface area contributed by atoms with Crippen LogP contribution in [0.2, 0.25) is 0 Å². The second-order valence-electron chi connectivity index (χ2n) is 6.90. The number of nitrogens with zero attached hydrogens (tertiary/aromatic N) is 5. The van der Waals surface area contributed by atoms with Gasteiger partial charge in [-0.3, -0.25) is 14.3 Å². The summed E-state index contributed by atoms with van der Waals surface area (Å²) in [5.41, 5.74) is 2.43. The van der Waals surface area contributed by atoms with Crippen molar-refractivity contribution in [2.24, 2.45) is 5.92 Å². The van der Waals surface area contributed by atoms with Gasteiger partial charge in [0, 0.05) is 25.2 Å². The van der Waals surface area contributed by atoms with Crippen LogP contribution in [0, 0.1) is 19.8 Å². The Bertz CT molecular complexity index is 1010. The molecule has 0 saturated carbocycles. The van der Waals surface area contributed by atoms with Crippen LogP contribution < -0.4 is 10.9 Å². The molecule has 1 unspecified atom stereocenters. The van der Waals surface area contributed by atoms with Crippen molar-refractivity contribution >= 4 is 16.8 Å². The van der Waals surface area contributed by atoms with Crippen molar-refractivity contribution in [2.45, 2.75) is 40.3 Å². The zero-order valence-electron chi connectivity index (χ0n) is 15.8. The summed E-state index contributed by atoms with van der Waals surface area (Å²) in [5, 5.41) is 15.8. The van der Waals surface area contributed by atoms with Gasteiger partial charge in [-0.15, -0.1) is 5.10 Å². The van der Waals surface area contributed by atoms with E-state index in [0.29, 0.717) is 17.4 Å². The van der Waals surface area contributed by atoms with E-state index in [9.17, 15) is 9.59 Å². The number of carbonyl (C=O) groups excluding carboxylic acids is 1. The Balaban J connectivity index is 1.50. The van der Waals surface area contributed by atoms with Crippen molar-refractivity contribution in [3.63, 3.8) is 0 Å². The Labute approximate surface area is 157 Å². The van der Waals surface area contributed by atoms with E-state index in [1.54, 1.807) is 18.2 Å². The molecule has 1 aromatic carbocycles. The molecule has 0 radical (unpaired) electrons. The Morgan fingerprint density at radius 1 is 1.22 bits per heavy atom. The molecule has 0 saturated heterocycles. The normalized spacial score (nSPS) is 12.3. The first-order valence-corrected chi connectivity index (χ1v) is 9.04. The summed E-state index contributed by atoms with van der Waals surface area (Å²) in [6, 6.07) is 9.08. The topological polar surface area (TPSA) is 94.7 Å². The number of fused-ring (bicyclic) bond motifs is 1. The van der Waals surface area contributed by atoms with E-state index < -0.39 is 0 Å². The first-order valence-electron chi connectivity index (χ1n) is 9.04. The number of nitrogens with one attached hydrogen (secondary N) is 1. The zero-order valence-corrected chi connectivity index (χ0v) is 15.8. The smallest absolute Gasteiger partial charge is 0.277 e. The largest absolute Gasteiger partial charge is 0.356 e. The Morgan fingerprint density at radius 3 is 2.74 bits per heavy atom. The van der Waals surface area contributed by atoms with Gasteiger partial charge in [0.05, 0.1) is 17.6 Å². The van der Waals surface area contributed by atoms with Crippen molar-refractivity contribution in [1.29, 1.82) is 0 Å². The van der Waals surface area contributed by atoms with Gasteiger partial charge in [-0.05, 0) is 38.0 Å². The van der Waals surface area contributed by atoms with Crippen LogP contribution in [0.4, 0.5) is 0 Å². The standard InChI is InChI=1S/C19H24N6O2/c1-13(12-25-15(3)10-14(2)22-25)11-20-18(26)8-9-24-19(27)16-6-4-5-7-17(16)21-23-24/h4-7,10,13H,8-9,11-12H2,1-3H3,(H,20,26). The first-order chi connectivity index (χ1) is 12.9. The maximum Gasteiger partial charge on any atom is 0.277 e. The summed E-state index contributed by atoms with van der Waals surface area (Å²) in [7, 11) is 0. The quantitative estimate of drug-likeness (QED) is 0.681. The lowest BCUT2D eigenvalue weighted by Gasteiger charge is -2.14. The molecular formula is C19H24N6O2. The molecular weight excluding hydrogens is 344 g/mol. The van der Waals surface area contributed by atoms with Crippen LogP contribution in [-0.2, 0) is 17.9 Å². The highest BCUT2D eigenvalue weighted by Crippen LogP contribution is 2.06. The van der Waals surface area contributed by atoms with Gasteiger partial charge in [-0.25, -0.2) is 4.68 Å². The van der Waals surface area contributed by atoms with Crippen molar-refractivity contribution < 1.29 is 4.79 Å². The number of aromatic nitrogens is 5. The minimum atomic E-state index is -0.230. The Hall–Kier alpha value is -3.03. The molecule has 1 N–H and O–H groups in total. The second-order valence-corrected chi connectivity index (χ2v) is 6.90. The fourth-order valence-electron chi connectivity index (χ4n) is 2.97. The number of hydrogen-bond donors (Lipinski definition) is 1. The van der Waals surface area contributed by atoms with E-state index in [1.807, 2.05) is 30.7 Å². The SMILES string of the molecule is Cc1cc(C)n(CC(C)CNC(=O)CCn2nnc3ccccc3c2=O)n1. The lowest BCUT2D eigenvalue weighted by molar-refractivity contribution is -0.121. The van der Waals surface area contributed by atoms with Crippen LogP contribution in [0.3, 0.4) is 0 Å². The fourth-order valence-corrected chi connectivity index (χ4v) is 2.97. The highest BCUT2D eigenvalue weighted by atomic mass is 16.2. The lowest BCUT2D eigenvalue weighted by Crippen LogP contribution is -2.32. The van der Waals surface area contributed by atoms with Crippen LogP contribution in [-0.4, -0.2) is 37.2 Å². The number of rotatable bonds is 7. The number of amides is 1. The van der Waals surface area contributed by atoms with Gasteiger partial charge in [-0.1, -0.05) is 24.3 Å². The minimum Gasteiger partial charge on any atom is -0.356 e. The summed E-state index contributed by atoms with van der Waals surface area (Å²) in [6.45, 7) is 7.55. The molecule has 1 atom stereocenters. The van der Waals surface area contributed by atoms with E-state index in [-0.39, 0.29) is 30.3 Å². The molecule has 1 amide bonds. The molecule has 27 heavy (non-hydrogen) atoms. The van der Waals surface area contributed by atoms with Gasteiger partial charge in [0.25, 0.3) is 5.56 Å². The number of hydrogen-bond acceptors (Lipinski definition) is 5. The predicted octanol–water partition coefficient (Wildman–Crippen LogP) is 1.45. The van der Waals surface area contributed by atoms with Crippen LogP contribution in [0.25, 0.3) is 10.9 Å². The first kappa shape index (κ1) is 18.8. The average molecular weight is 368 g/mol. The van der Waals surface area contributed by atoms with Crippen molar-refractivity contribution in [2.75, 3.05) is 6.54 Å². The van der Waals surface area contributed by atoms with Gasteiger partial charge >= 0.3 is 0 Å². The van der Waals surface area contributed by atoms with E-state index in [2.05, 4.69) is 27.7 Å². The molecule has 0 spiro atoms.